The molecule has 0 bridgehead atoms. The number of rotatable bonds is 5. The van der Waals surface area contributed by atoms with Crippen LogP contribution in [0.4, 0.5) is 4.79 Å². The van der Waals surface area contributed by atoms with E-state index >= 15 is 0 Å². The number of imidazole rings is 1. The standard InChI is InChI=1S/C19H19N3O3/c1-24-17-7-6-16(14-4-2-3-5-15(14)17)18-20-8-9-21(18)10-11-22-12-13-25-19(22)23/h2-9H,10-13H2,1H3. The van der Waals surface area contributed by atoms with Gasteiger partial charge in [0.15, 0.2) is 0 Å². The largest absolute Gasteiger partial charge is 0.496 e. The highest BCUT2D eigenvalue weighted by molar-refractivity contribution is 5.98. The maximum Gasteiger partial charge on any atom is 0.410 e. The molecular formula is C19H19N3O3. The van der Waals surface area contributed by atoms with E-state index in [4.69, 9.17) is 9.47 Å². The van der Waals surface area contributed by atoms with Crippen molar-refractivity contribution in [1.82, 2.24) is 14.5 Å². The fourth-order valence-corrected chi connectivity index (χ4v) is 3.24. The highest BCUT2D eigenvalue weighted by Gasteiger charge is 2.21. The molecule has 1 fully saturated rings. The van der Waals surface area contributed by atoms with Crippen molar-refractivity contribution in [3.63, 3.8) is 0 Å². The van der Waals surface area contributed by atoms with E-state index < -0.39 is 0 Å². The third-order valence-electron chi connectivity index (χ3n) is 4.52. The van der Waals surface area contributed by atoms with Gasteiger partial charge in [0, 0.05) is 36.4 Å². The van der Waals surface area contributed by atoms with Gasteiger partial charge in [0.05, 0.1) is 13.7 Å². The van der Waals surface area contributed by atoms with E-state index in [1.165, 1.54) is 0 Å². The predicted molar refractivity (Wildman–Crippen MR) is 94.6 cm³/mol. The van der Waals surface area contributed by atoms with E-state index in [0.29, 0.717) is 26.2 Å². The summed E-state index contributed by atoms with van der Waals surface area (Å²) in [5, 5.41) is 2.15. The van der Waals surface area contributed by atoms with Crippen molar-refractivity contribution >= 4 is 16.9 Å². The molecule has 1 amide bonds. The minimum atomic E-state index is -0.239. The second-order valence-corrected chi connectivity index (χ2v) is 5.91. The van der Waals surface area contributed by atoms with Gasteiger partial charge >= 0.3 is 6.09 Å². The fraction of sp³-hybridized carbons (Fsp3) is 0.263. The summed E-state index contributed by atoms with van der Waals surface area (Å²) in [6, 6.07) is 12.1. The van der Waals surface area contributed by atoms with Crippen molar-refractivity contribution in [2.45, 2.75) is 6.54 Å². The summed E-state index contributed by atoms with van der Waals surface area (Å²) in [7, 11) is 1.68. The SMILES string of the molecule is COc1ccc(-c2nccn2CCN2CCOC2=O)c2ccccc12. The van der Waals surface area contributed by atoms with Crippen LogP contribution in [-0.4, -0.2) is 47.4 Å². The average Bonchev–Trinajstić information content (AvgIpc) is 3.27. The van der Waals surface area contributed by atoms with Crippen molar-refractivity contribution in [2.75, 3.05) is 26.8 Å². The average molecular weight is 337 g/mol. The van der Waals surface area contributed by atoms with Crippen LogP contribution >= 0.6 is 0 Å². The molecule has 4 rings (SSSR count). The lowest BCUT2D eigenvalue weighted by Gasteiger charge is -2.15. The highest BCUT2D eigenvalue weighted by Crippen LogP contribution is 2.33. The minimum absolute atomic E-state index is 0.239. The number of methoxy groups -OCH3 is 1. The Balaban J connectivity index is 1.68. The van der Waals surface area contributed by atoms with Crippen LogP contribution in [0.15, 0.2) is 48.8 Å². The molecule has 6 nitrogen and oxygen atoms in total. The summed E-state index contributed by atoms with van der Waals surface area (Å²) in [4.78, 5) is 17.9. The summed E-state index contributed by atoms with van der Waals surface area (Å²) in [5.41, 5.74) is 1.05. The van der Waals surface area contributed by atoms with E-state index in [1.54, 1.807) is 18.2 Å². The molecular weight excluding hydrogens is 318 g/mol. The molecule has 1 aliphatic heterocycles. The lowest BCUT2D eigenvalue weighted by atomic mass is 10.0. The zero-order valence-corrected chi connectivity index (χ0v) is 14.0. The van der Waals surface area contributed by atoms with Crippen LogP contribution in [0.3, 0.4) is 0 Å². The van der Waals surface area contributed by atoms with E-state index in [2.05, 4.69) is 15.6 Å². The minimum Gasteiger partial charge on any atom is -0.496 e. The van der Waals surface area contributed by atoms with Crippen LogP contribution in [0.25, 0.3) is 22.2 Å². The molecule has 0 atom stereocenters. The zero-order valence-electron chi connectivity index (χ0n) is 14.0. The van der Waals surface area contributed by atoms with Gasteiger partial charge in [-0.15, -0.1) is 0 Å². The predicted octanol–water partition coefficient (Wildman–Crippen LogP) is 3.16. The Morgan fingerprint density at radius 3 is 2.76 bits per heavy atom. The molecule has 1 aliphatic rings. The highest BCUT2D eigenvalue weighted by atomic mass is 16.6. The Kier molecular flexibility index (Phi) is 4.01. The fourth-order valence-electron chi connectivity index (χ4n) is 3.24. The smallest absolute Gasteiger partial charge is 0.410 e. The van der Waals surface area contributed by atoms with Gasteiger partial charge in [-0.1, -0.05) is 24.3 Å². The quantitative estimate of drug-likeness (QED) is 0.717. The molecule has 1 saturated heterocycles. The third-order valence-corrected chi connectivity index (χ3v) is 4.52. The third kappa shape index (κ3) is 2.80. The van der Waals surface area contributed by atoms with Crippen LogP contribution in [-0.2, 0) is 11.3 Å². The van der Waals surface area contributed by atoms with Gasteiger partial charge in [0.1, 0.15) is 18.2 Å². The van der Waals surface area contributed by atoms with Gasteiger partial charge in [-0.25, -0.2) is 9.78 Å². The summed E-state index contributed by atoms with van der Waals surface area (Å²) in [6.07, 6.45) is 3.49. The number of carbonyl (C=O) groups excluding carboxylic acids is 1. The molecule has 6 heteroatoms. The van der Waals surface area contributed by atoms with E-state index in [-0.39, 0.29) is 6.09 Å². The molecule has 0 N–H and O–H groups in total. The van der Waals surface area contributed by atoms with Gasteiger partial charge < -0.3 is 18.9 Å². The number of carbonyl (C=O) groups is 1. The summed E-state index contributed by atoms with van der Waals surface area (Å²) in [5.74, 6) is 1.73. The molecule has 0 aliphatic carbocycles. The molecule has 0 radical (unpaired) electrons. The maximum absolute atomic E-state index is 11.6. The molecule has 0 spiro atoms. The van der Waals surface area contributed by atoms with E-state index in [9.17, 15) is 4.79 Å². The first-order valence-electron chi connectivity index (χ1n) is 8.27. The summed E-state index contributed by atoms with van der Waals surface area (Å²) >= 11 is 0. The van der Waals surface area contributed by atoms with Crippen molar-refractivity contribution in [3.05, 3.63) is 48.8 Å². The molecule has 25 heavy (non-hydrogen) atoms. The Hall–Kier alpha value is -3.02. The Morgan fingerprint density at radius 2 is 2.00 bits per heavy atom. The van der Waals surface area contributed by atoms with Crippen molar-refractivity contribution in [1.29, 1.82) is 0 Å². The molecule has 0 unspecified atom stereocenters. The molecule has 3 aromatic rings. The number of cyclic esters (lactones) is 1. The normalized spacial score (nSPS) is 14.1. The first-order chi connectivity index (χ1) is 12.3. The van der Waals surface area contributed by atoms with Crippen molar-refractivity contribution in [3.8, 4) is 17.1 Å². The molecule has 0 saturated carbocycles. The molecule has 2 heterocycles. The number of nitrogens with zero attached hydrogens (tertiary/aromatic N) is 3. The number of fused-ring (bicyclic) bond motifs is 1. The van der Waals surface area contributed by atoms with Crippen LogP contribution in [0.2, 0.25) is 0 Å². The van der Waals surface area contributed by atoms with Crippen LogP contribution in [0.5, 0.6) is 5.75 Å². The Labute approximate surface area is 145 Å². The first-order valence-corrected chi connectivity index (χ1v) is 8.27. The van der Waals surface area contributed by atoms with Gasteiger partial charge in [-0.2, -0.15) is 0 Å². The first kappa shape index (κ1) is 15.5. The summed E-state index contributed by atoms with van der Waals surface area (Å²) in [6.45, 7) is 2.40. The number of aromatic nitrogens is 2. The van der Waals surface area contributed by atoms with Gasteiger partial charge in [-0.3, -0.25) is 0 Å². The number of benzene rings is 2. The topological polar surface area (TPSA) is 56.6 Å². The second-order valence-electron chi connectivity index (χ2n) is 5.91. The Bertz CT molecular complexity index is 919. The zero-order chi connectivity index (χ0) is 17.2. The lowest BCUT2D eigenvalue weighted by molar-refractivity contribution is 0.157. The van der Waals surface area contributed by atoms with Gasteiger partial charge in [-0.05, 0) is 17.5 Å². The van der Waals surface area contributed by atoms with Gasteiger partial charge in [0.25, 0.3) is 0 Å². The molecule has 1 aromatic heterocycles. The molecule has 2 aromatic carbocycles. The molecule has 128 valence electrons. The Morgan fingerprint density at radius 1 is 1.16 bits per heavy atom. The summed E-state index contributed by atoms with van der Waals surface area (Å²) < 4.78 is 12.5. The number of ether oxygens (including phenoxy) is 2. The van der Waals surface area contributed by atoms with Crippen LogP contribution in [0, 0.1) is 0 Å². The maximum atomic E-state index is 11.6. The van der Waals surface area contributed by atoms with Gasteiger partial charge in [0.2, 0.25) is 0 Å². The number of hydrogen-bond donors (Lipinski definition) is 0. The van der Waals surface area contributed by atoms with Crippen LogP contribution in [0.1, 0.15) is 0 Å². The number of hydrogen-bond acceptors (Lipinski definition) is 4. The van der Waals surface area contributed by atoms with Crippen LogP contribution < -0.4 is 4.74 Å². The van der Waals surface area contributed by atoms with E-state index in [0.717, 1.165) is 27.9 Å². The van der Waals surface area contributed by atoms with E-state index in [1.807, 2.05) is 36.5 Å². The second kappa shape index (κ2) is 6.47. The number of amides is 1. The van der Waals surface area contributed by atoms with Crippen molar-refractivity contribution < 1.29 is 14.3 Å². The lowest BCUT2D eigenvalue weighted by Crippen LogP contribution is -2.28. The monoisotopic (exact) mass is 337 g/mol. The van der Waals surface area contributed by atoms with Crippen molar-refractivity contribution in [2.24, 2.45) is 0 Å².